The Bertz CT molecular complexity index is 452. The van der Waals surface area contributed by atoms with Gasteiger partial charge in [-0.05, 0) is 18.4 Å². The lowest BCUT2D eigenvalue weighted by Gasteiger charge is -2.23. The number of thiocarbonyl (C=S) groups is 1. The molecule has 104 valence electrons. The van der Waals surface area contributed by atoms with E-state index in [-0.39, 0.29) is 6.04 Å². The van der Waals surface area contributed by atoms with Crippen LogP contribution in [0.15, 0.2) is 24.3 Å². The van der Waals surface area contributed by atoms with Gasteiger partial charge in [0.25, 0.3) is 0 Å². The molecule has 1 aliphatic rings. The monoisotopic (exact) mass is 288 g/mol. The van der Waals surface area contributed by atoms with Crippen LogP contribution in [0.5, 0.6) is 0 Å². The van der Waals surface area contributed by atoms with E-state index in [1.807, 2.05) is 0 Å². The van der Waals surface area contributed by atoms with Crippen LogP contribution in [0, 0.1) is 0 Å². The van der Waals surface area contributed by atoms with Crippen LogP contribution in [0.4, 0.5) is 13.2 Å². The molecule has 1 aromatic carbocycles. The van der Waals surface area contributed by atoms with Crippen molar-refractivity contribution in [3.8, 4) is 0 Å². The van der Waals surface area contributed by atoms with E-state index >= 15 is 0 Å². The smallest absolute Gasteiger partial charge is 0.389 e. The Morgan fingerprint density at radius 2 is 1.84 bits per heavy atom. The molecular formula is C13H15F3N2S. The summed E-state index contributed by atoms with van der Waals surface area (Å²) in [5.74, 6) is 0. The summed E-state index contributed by atoms with van der Waals surface area (Å²) in [6, 6.07) is 7.12. The highest BCUT2D eigenvalue weighted by molar-refractivity contribution is 7.80. The normalized spacial score (nSPS) is 15.8. The van der Waals surface area contributed by atoms with Gasteiger partial charge in [-0.1, -0.05) is 36.5 Å². The molecule has 2 nitrogen and oxygen atoms in total. The lowest BCUT2D eigenvalue weighted by atomic mass is 10.1. The molecular weight excluding hydrogens is 273 g/mol. The lowest BCUT2D eigenvalue weighted by molar-refractivity contribution is -0.148. The van der Waals surface area contributed by atoms with Gasteiger partial charge in [0.15, 0.2) is 0 Å². The van der Waals surface area contributed by atoms with Crippen LogP contribution in [0.25, 0.3) is 0 Å². The van der Waals surface area contributed by atoms with E-state index in [4.69, 9.17) is 18.0 Å². The highest BCUT2D eigenvalue weighted by Crippen LogP contribution is 2.31. The van der Waals surface area contributed by atoms with Gasteiger partial charge in [-0.3, -0.25) is 4.90 Å². The van der Waals surface area contributed by atoms with Gasteiger partial charge < -0.3 is 5.73 Å². The number of halogens is 3. The maximum Gasteiger partial charge on any atom is 0.401 e. The molecule has 2 N–H and O–H groups in total. The molecule has 0 bridgehead atoms. The first kappa shape index (κ1) is 14.3. The van der Waals surface area contributed by atoms with Crippen molar-refractivity contribution in [1.82, 2.24) is 4.90 Å². The van der Waals surface area contributed by atoms with Crippen LogP contribution in [0.2, 0.25) is 0 Å². The Morgan fingerprint density at radius 1 is 1.26 bits per heavy atom. The van der Waals surface area contributed by atoms with E-state index in [2.05, 4.69) is 0 Å². The van der Waals surface area contributed by atoms with Crippen molar-refractivity contribution in [3.05, 3.63) is 35.4 Å². The molecule has 0 aromatic heterocycles. The van der Waals surface area contributed by atoms with Gasteiger partial charge in [0.1, 0.15) is 4.99 Å². The van der Waals surface area contributed by atoms with Crippen molar-refractivity contribution in [2.45, 2.75) is 31.6 Å². The molecule has 0 heterocycles. The van der Waals surface area contributed by atoms with E-state index in [0.29, 0.717) is 11.5 Å². The zero-order chi connectivity index (χ0) is 14.0. The predicted octanol–water partition coefficient (Wildman–Crippen LogP) is 2.85. The van der Waals surface area contributed by atoms with E-state index in [0.717, 1.165) is 24.0 Å². The second-order valence-electron chi connectivity index (χ2n) is 4.81. The van der Waals surface area contributed by atoms with Crippen LogP contribution in [-0.4, -0.2) is 28.7 Å². The molecule has 1 fully saturated rings. The average molecular weight is 288 g/mol. The van der Waals surface area contributed by atoms with E-state index in [9.17, 15) is 13.2 Å². The second-order valence-corrected chi connectivity index (χ2v) is 5.25. The predicted molar refractivity (Wildman–Crippen MR) is 71.8 cm³/mol. The van der Waals surface area contributed by atoms with E-state index in [1.165, 1.54) is 4.90 Å². The van der Waals surface area contributed by atoms with E-state index in [1.54, 1.807) is 24.3 Å². The summed E-state index contributed by atoms with van der Waals surface area (Å²) in [7, 11) is 0. The molecule has 0 radical (unpaired) electrons. The first-order chi connectivity index (χ1) is 8.85. The topological polar surface area (TPSA) is 29.3 Å². The zero-order valence-corrected chi connectivity index (χ0v) is 11.1. The molecule has 1 saturated carbocycles. The summed E-state index contributed by atoms with van der Waals surface area (Å²) in [6.45, 7) is -0.545. The van der Waals surface area contributed by atoms with Crippen molar-refractivity contribution in [2.75, 3.05) is 6.54 Å². The SMILES string of the molecule is NC(=S)c1ccc(CN(CC(F)(F)F)C2CC2)cc1. The molecule has 0 amide bonds. The summed E-state index contributed by atoms with van der Waals surface area (Å²) in [6.07, 6.45) is -2.45. The van der Waals surface area contributed by atoms with Gasteiger partial charge in [-0.25, -0.2) is 0 Å². The first-order valence-electron chi connectivity index (χ1n) is 6.05. The zero-order valence-electron chi connectivity index (χ0n) is 10.3. The Morgan fingerprint density at radius 3 is 2.26 bits per heavy atom. The number of hydrogen-bond acceptors (Lipinski definition) is 2. The van der Waals surface area contributed by atoms with Crippen LogP contribution in [0.1, 0.15) is 24.0 Å². The number of nitrogens with zero attached hydrogens (tertiary/aromatic N) is 1. The van der Waals surface area contributed by atoms with Crippen molar-refractivity contribution < 1.29 is 13.2 Å². The number of nitrogens with two attached hydrogens (primary N) is 1. The number of benzene rings is 1. The summed E-state index contributed by atoms with van der Waals surface area (Å²) in [4.78, 5) is 1.77. The molecule has 6 heteroatoms. The van der Waals surface area contributed by atoms with Crippen LogP contribution in [0.3, 0.4) is 0 Å². The third kappa shape index (κ3) is 4.47. The van der Waals surface area contributed by atoms with Crippen molar-refractivity contribution in [2.24, 2.45) is 5.73 Å². The molecule has 1 aliphatic carbocycles. The summed E-state index contributed by atoms with van der Waals surface area (Å²) < 4.78 is 37.5. The maximum absolute atomic E-state index is 12.5. The number of alkyl halides is 3. The fourth-order valence-electron chi connectivity index (χ4n) is 1.99. The summed E-state index contributed by atoms with van der Waals surface area (Å²) in [5.41, 5.74) is 7.05. The lowest BCUT2D eigenvalue weighted by Crippen LogP contribution is -2.35. The highest BCUT2D eigenvalue weighted by Gasteiger charge is 2.37. The summed E-state index contributed by atoms with van der Waals surface area (Å²) >= 11 is 4.83. The summed E-state index contributed by atoms with van der Waals surface area (Å²) in [5, 5.41) is 0. The molecule has 0 unspecified atom stereocenters. The van der Waals surface area contributed by atoms with Gasteiger partial charge >= 0.3 is 6.18 Å². The van der Waals surface area contributed by atoms with Crippen molar-refractivity contribution >= 4 is 17.2 Å². The molecule has 0 aliphatic heterocycles. The fourth-order valence-corrected chi connectivity index (χ4v) is 2.13. The Kier molecular flexibility index (Phi) is 4.10. The third-order valence-corrected chi connectivity index (χ3v) is 3.31. The van der Waals surface area contributed by atoms with Gasteiger partial charge in [0, 0.05) is 18.2 Å². The minimum absolute atomic E-state index is 0.0666. The minimum Gasteiger partial charge on any atom is -0.389 e. The van der Waals surface area contributed by atoms with E-state index < -0.39 is 12.7 Å². The van der Waals surface area contributed by atoms with Gasteiger partial charge in [-0.15, -0.1) is 0 Å². The number of rotatable bonds is 5. The molecule has 0 atom stereocenters. The van der Waals surface area contributed by atoms with Gasteiger partial charge in [0.05, 0.1) is 6.54 Å². The third-order valence-electron chi connectivity index (χ3n) is 3.07. The fraction of sp³-hybridized carbons (Fsp3) is 0.462. The number of hydrogen-bond donors (Lipinski definition) is 1. The highest BCUT2D eigenvalue weighted by atomic mass is 32.1. The Labute approximate surface area is 115 Å². The van der Waals surface area contributed by atoms with Crippen molar-refractivity contribution in [3.63, 3.8) is 0 Å². The van der Waals surface area contributed by atoms with Crippen LogP contribution >= 0.6 is 12.2 Å². The average Bonchev–Trinajstić information content (AvgIpc) is 3.10. The van der Waals surface area contributed by atoms with Gasteiger partial charge in [0.2, 0.25) is 0 Å². The Hall–Kier alpha value is -1.14. The maximum atomic E-state index is 12.5. The minimum atomic E-state index is -4.15. The molecule has 19 heavy (non-hydrogen) atoms. The molecule has 2 rings (SSSR count). The van der Waals surface area contributed by atoms with Crippen LogP contribution in [-0.2, 0) is 6.54 Å². The quantitative estimate of drug-likeness (QED) is 0.845. The first-order valence-corrected chi connectivity index (χ1v) is 6.45. The standard InChI is InChI=1S/C13H15F3N2S/c14-13(15,16)8-18(11-5-6-11)7-9-1-3-10(4-2-9)12(17)19/h1-4,11H,5-8H2,(H2,17,19). The Balaban J connectivity index is 2.02. The largest absolute Gasteiger partial charge is 0.401 e. The second kappa shape index (κ2) is 5.46. The van der Waals surface area contributed by atoms with Crippen LogP contribution < -0.4 is 5.73 Å². The van der Waals surface area contributed by atoms with Crippen molar-refractivity contribution in [1.29, 1.82) is 0 Å². The van der Waals surface area contributed by atoms with Gasteiger partial charge in [-0.2, -0.15) is 13.2 Å². The molecule has 0 spiro atoms. The molecule has 1 aromatic rings. The molecule has 0 saturated heterocycles.